The van der Waals surface area contributed by atoms with Gasteiger partial charge in [0.25, 0.3) is 5.91 Å². The molecule has 1 aromatic carbocycles. The zero-order valence-electron chi connectivity index (χ0n) is 14.0. The van der Waals surface area contributed by atoms with Crippen LogP contribution in [0.25, 0.3) is 0 Å². The molecule has 5 nitrogen and oxygen atoms in total. The second-order valence-corrected chi connectivity index (χ2v) is 6.84. The number of nitrogens with zero attached hydrogens (tertiary/aromatic N) is 3. The Bertz CT molecular complexity index is 715. The third-order valence-corrected chi connectivity index (χ3v) is 4.99. The number of aryl methyl sites for hydroxylation is 1. The van der Waals surface area contributed by atoms with Gasteiger partial charge in [-0.15, -0.1) is 0 Å². The fourth-order valence-corrected chi connectivity index (χ4v) is 3.77. The Morgan fingerprint density at radius 1 is 1.33 bits per heavy atom. The molecule has 0 bridgehead atoms. The highest BCUT2D eigenvalue weighted by molar-refractivity contribution is 5.83. The molecule has 1 aromatic heterocycles. The first-order valence-corrected chi connectivity index (χ1v) is 8.75. The molecule has 3 heterocycles. The van der Waals surface area contributed by atoms with Crippen LogP contribution in [0, 0.1) is 6.92 Å². The summed E-state index contributed by atoms with van der Waals surface area (Å²) in [5.74, 6) is 0.979. The van der Waals surface area contributed by atoms with Crippen LogP contribution in [0.1, 0.15) is 30.4 Å². The highest BCUT2D eigenvalue weighted by Crippen LogP contribution is 2.30. The lowest BCUT2D eigenvalue weighted by molar-refractivity contribution is -0.142. The van der Waals surface area contributed by atoms with Gasteiger partial charge < -0.3 is 9.64 Å². The Morgan fingerprint density at radius 3 is 3.00 bits per heavy atom. The highest BCUT2D eigenvalue weighted by Gasteiger charge is 2.36. The number of fused-ring (bicyclic) bond motifs is 1. The van der Waals surface area contributed by atoms with E-state index in [1.54, 1.807) is 0 Å². The molecule has 1 saturated heterocycles. The summed E-state index contributed by atoms with van der Waals surface area (Å²) < 4.78 is 7.87. The maximum Gasteiger partial charge on any atom is 0.264 e. The predicted octanol–water partition coefficient (Wildman–Crippen LogP) is 2.58. The van der Waals surface area contributed by atoms with Crippen molar-refractivity contribution in [2.75, 3.05) is 6.54 Å². The van der Waals surface area contributed by atoms with E-state index in [2.05, 4.69) is 5.10 Å². The lowest BCUT2D eigenvalue weighted by Crippen LogP contribution is -2.50. The highest BCUT2D eigenvalue weighted by atomic mass is 16.5. The summed E-state index contributed by atoms with van der Waals surface area (Å²) in [7, 11) is 0. The van der Waals surface area contributed by atoms with Gasteiger partial charge in [-0.25, -0.2) is 0 Å². The largest absolute Gasteiger partial charge is 0.480 e. The summed E-state index contributed by atoms with van der Waals surface area (Å²) in [6.07, 6.45) is 7.48. The number of piperidine rings is 1. The Labute approximate surface area is 142 Å². The van der Waals surface area contributed by atoms with E-state index in [4.69, 9.17) is 4.74 Å². The Morgan fingerprint density at radius 2 is 2.21 bits per heavy atom. The lowest BCUT2D eigenvalue weighted by Gasteiger charge is -2.37. The van der Waals surface area contributed by atoms with Gasteiger partial charge in [0.05, 0.1) is 18.8 Å². The molecule has 0 saturated carbocycles. The molecule has 2 aliphatic rings. The summed E-state index contributed by atoms with van der Waals surface area (Å²) in [5.41, 5.74) is 2.28. The summed E-state index contributed by atoms with van der Waals surface area (Å²) >= 11 is 0. The van der Waals surface area contributed by atoms with Crippen molar-refractivity contribution in [1.82, 2.24) is 14.7 Å². The SMILES string of the molecule is Cc1cnn(C[C@@H]2CCCCN2C(=O)[C@@H]2Cc3ccccc3O2)c1. The van der Waals surface area contributed by atoms with Gasteiger partial charge in [0, 0.05) is 19.2 Å². The van der Waals surface area contributed by atoms with Crippen molar-refractivity contribution in [3.63, 3.8) is 0 Å². The molecule has 0 spiro atoms. The molecular weight excluding hydrogens is 302 g/mol. The van der Waals surface area contributed by atoms with E-state index in [9.17, 15) is 4.79 Å². The molecule has 2 aromatic rings. The average Bonchev–Trinajstić information content (AvgIpc) is 3.20. The Balaban J connectivity index is 1.47. The zero-order chi connectivity index (χ0) is 16.5. The molecule has 0 aliphatic carbocycles. The number of rotatable bonds is 3. The molecular formula is C19H23N3O2. The Kier molecular flexibility index (Phi) is 4.00. The van der Waals surface area contributed by atoms with Crippen LogP contribution in [-0.4, -0.2) is 39.3 Å². The fourth-order valence-electron chi connectivity index (χ4n) is 3.77. The smallest absolute Gasteiger partial charge is 0.264 e. The summed E-state index contributed by atoms with van der Waals surface area (Å²) in [4.78, 5) is 15.1. The first-order valence-electron chi connectivity index (χ1n) is 8.75. The molecule has 2 aliphatic heterocycles. The van der Waals surface area contributed by atoms with Gasteiger partial charge in [-0.3, -0.25) is 9.48 Å². The summed E-state index contributed by atoms with van der Waals surface area (Å²) in [5, 5.41) is 4.38. The first-order chi connectivity index (χ1) is 11.7. The zero-order valence-corrected chi connectivity index (χ0v) is 14.0. The molecule has 5 heteroatoms. The van der Waals surface area contributed by atoms with Crippen molar-refractivity contribution in [2.45, 2.75) is 51.3 Å². The minimum atomic E-state index is -0.373. The van der Waals surface area contributed by atoms with Crippen LogP contribution in [0.3, 0.4) is 0 Å². The van der Waals surface area contributed by atoms with Crippen molar-refractivity contribution < 1.29 is 9.53 Å². The maximum absolute atomic E-state index is 13.0. The number of hydrogen-bond acceptors (Lipinski definition) is 3. The van der Waals surface area contributed by atoms with Gasteiger partial charge in [0.2, 0.25) is 0 Å². The van der Waals surface area contributed by atoms with Crippen LogP contribution in [0.4, 0.5) is 0 Å². The lowest BCUT2D eigenvalue weighted by atomic mass is 10.0. The third kappa shape index (κ3) is 2.90. The molecule has 1 fully saturated rings. The number of amides is 1. The first kappa shape index (κ1) is 15.2. The van der Waals surface area contributed by atoms with Crippen molar-refractivity contribution in [2.24, 2.45) is 0 Å². The van der Waals surface area contributed by atoms with Crippen molar-refractivity contribution in [1.29, 1.82) is 0 Å². The monoisotopic (exact) mass is 325 g/mol. The quantitative estimate of drug-likeness (QED) is 0.871. The van der Waals surface area contributed by atoms with E-state index >= 15 is 0 Å². The number of ether oxygens (including phenoxy) is 1. The van der Waals surface area contributed by atoms with Crippen molar-refractivity contribution >= 4 is 5.91 Å². The van der Waals surface area contributed by atoms with E-state index in [-0.39, 0.29) is 18.1 Å². The number of likely N-dealkylation sites (tertiary alicyclic amines) is 1. The predicted molar refractivity (Wildman–Crippen MR) is 90.9 cm³/mol. The fraction of sp³-hybridized carbons (Fsp3) is 0.474. The van der Waals surface area contributed by atoms with Gasteiger partial charge in [-0.05, 0) is 43.4 Å². The van der Waals surface area contributed by atoms with Crippen LogP contribution >= 0.6 is 0 Å². The van der Waals surface area contributed by atoms with E-state index in [0.717, 1.165) is 42.8 Å². The number of para-hydroxylation sites is 1. The molecule has 1 amide bonds. The molecule has 2 atom stereocenters. The number of hydrogen-bond donors (Lipinski definition) is 0. The van der Waals surface area contributed by atoms with Crippen LogP contribution in [0.5, 0.6) is 5.75 Å². The average molecular weight is 325 g/mol. The Hall–Kier alpha value is -2.30. The van der Waals surface area contributed by atoms with Crippen LogP contribution in [0.15, 0.2) is 36.7 Å². The van der Waals surface area contributed by atoms with Crippen LogP contribution in [-0.2, 0) is 17.8 Å². The minimum absolute atomic E-state index is 0.125. The standard InChI is InChI=1S/C19H23N3O2/c1-14-11-20-21(12-14)13-16-7-4-5-9-22(16)19(23)18-10-15-6-2-3-8-17(15)24-18/h2-3,6,8,11-12,16,18H,4-5,7,9-10,13H2,1H3/t16-,18-/m0/s1. The number of carbonyl (C=O) groups is 1. The van der Waals surface area contributed by atoms with Crippen LogP contribution < -0.4 is 4.74 Å². The van der Waals surface area contributed by atoms with Crippen molar-refractivity contribution in [3.8, 4) is 5.75 Å². The van der Waals surface area contributed by atoms with E-state index in [1.807, 2.05) is 53.2 Å². The number of carbonyl (C=O) groups excluding carboxylic acids is 1. The van der Waals surface area contributed by atoms with Crippen molar-refractivity contribution in [3.05, 3.63) is 47.8 Å². The van der Waals surface area contributed by atoms with E-state index < -0.39 is 0 Å². The van der Waals surface area contributed by atoms with E-state index in [0.29, 0.717) is 6.42 Å². The molecule has 0 N–H and O–H groups in total. The van der Waals surface area contributed by atoms with Gasteiger partial charge in [0.15, 0.2) is 6.10 Å². The van der Waals surface area contributed by atoms with Gasteiger partial charge in [-0.1, -0.05) is 18.2 Å². The van der Waals surface area contributed by atoms with Gasteiger partial charge in [-0.2, -0.15) is 5.10 Å². The van der Waals surface area contributed by atoms with Gasteiger partial charge in [0.1, 0.15) is 5.75 Å². The summed E-state index contributed by atoms with van der Waals surface area (Å²) in [6.45, 7) is 3.62. The normalized spacial score (nSPS) is 23.0. The molecule has 0 radical (unpaired) electrons. The number of aromatic nitrogens is 2. The molecule has 126 valence electrons. The summed E-state index contributed by atoms with van der Waals surface area (Å²) in [6, 6.07) is 8.15. The topological polar surface area (TPSA) is 47.4 Å². The minimum Gasteiger partial charge on any atom is -0.480 e. The second-order valence-electron chi connectivity index (χ2n) is 6.84. The van der Waals surface area contributed by atoms with Gasteiger partial charge >= 0.3 is 0 Å². The van der Waals surface area contributed by atoms with E-state index in [1.165, 1.54) is 6.42 Å². The molecule has 0 unspecified atom stereocenters. The second kappa shape index (κ2) is 6.30. The molecule has 4 rings (SSSR count). The third-order valence-electron chi connectivity index (χ3n) is 4.99. The maximum atomic E-state index is 13.0. The number of benzene rings is 1. The molecule has 24 heavy (non-hydrogen) atoms. The van der Waals surface area contributed by atoms with Crippen LogP contribution in [0.2, 0.25) is 0 Å².